The normalized spacial score (nSPS) is 15.2. The predicted octanol–water partition coefficient (Wildman–Crippen LogP) is 2.81. The number of non-ortho nitro benzene ring substituents is 1. The summed E-state index contributed by atoms with van der Waals surface area (Å²) in [7, 11) is 0. The number of ether oxygens (including phenoxy) is 1. The van der Waals surface area contributed by atoms with Gasteiger partial charge in [0.1, 0.15) is 10.9 Å². The average Bonchev–Trinajstić information content (AvgIpc) is 3.36. The first-order valence-electron chi connectivity index (χ1n) is 9.30. The molecule has 12 heteroatoms. The molecule has 1 fully saturated rings. The van der Waals surface area contributed by atoms with E-state index in [1.165, 1.54) is 23.9 Å². The Morgan fingerprint density at radius 1 is 1.30 bits per heavy atom. The van der Waals surface area contributed by atoms with Crippen LogP contribution in [0.1, 0.15) is 24.8 Å². The molecule has 0 unspecified atom stereocenters. The van der Waals surface area contributed by atoms with Crippen LogP contribution in [0, 0.1) is 10.1 Å². The molecular weight excluding hydrogens is 412 g/mol. The molecule has 0 aliphatic carbocycles. The van der Waals surface area contributed by atoms with Gasteiger partial charge < -0.3 is 14.1 Å². The minimum atomic E-state index is -0.484. The monoisotopic (exact) mass is 428 g/mol. The number of nitrogens with one attached hydrogen (secondary N) is 1. The van der Waals surface area contributed by atoms with Crippen molar-refractivity contribution in [3.05, 3.63) is 50.8 Å². The van der Waals surface area contributed by atoms with Gasteiger partial charge in [-0.15, -0.1) is 0 Å². The number of benzene rings is 1. The minimum Gasteiger partial charge on any atom is -0.440 e. The van der Waals surface area contributed by atoms with E-state index >= 15 is 0 Å². The summed E-state index contributed by atoms with van der Waals surface area (Å²) in [5.41, 5.74) is 1.10. The lowest BCUT2D eigenvalue weighted by atomic mass is 10.1. The van der Waals surface area contributed by atoms with Crippen molar-refractivity contribution in [1.29, 1.82) is 0 Å². The van der Waals surface area contributed by atoms with Crippen molar-refractivity contribution in [2.45, 2.75) is 29.8 Å². The Morgan fingerprint density at radius 2 is 2.13 bits per heavy atom. The van der Waals surface area contributed by atoms with Crippen molar-refractivity contribution in [2.24, 2.45) is 0 Å². The number of oxazole rings is 1. The molecule has 5 rings (SSSR count). The van der Waals surface area contributed by atoms with Crippen LogP contribution < -0.4 is 5.56 Å². The number of nitro benzene ring substituents is 1. The van der Waals surface area contributed by atoms with E-state index < -0.39 is 4.92 Å². The number of fused-ring (bicyclic) bond motifs is 2. The van der Waals surface area contributed by atoms with E-state index in [0.717, 1.165) is 12.8 Å². The summed E-state index contributed by atoms with van der Waals surface area (Å²) < 4.78 is 12.8. The Labute approximate surface area is 172 Å². The molecule has 1 aliphatic heterocycles. The Morgan fingerprint density at radius 3 is 2.93 bits per heavy atom. The Balaban J connectivity index is 1.40. The lowest BCUT2D eigenvalue weighted by molar-refractivity contribution is -0.384. The molecule has 11 nitrogen and oxygen atoms in total. The molecule has 0 amide bonds. The highest BCUT2D eigenvalue weighted by molar-refractivity contribution is 7.98. The Bertz CT molecular complexity index is 1310. The summed E-state index contributed by atoms with van der Waals surface area (Å²) in [5, 5.41) is 16.1. The molecule has 1 aromatic carbocycles. The van der Waals surface area contributed by atoms with E-state index in [1.807, 2.05) is 0 Å². The number of rotatable bonds is 5. The molecule has 1 aliphatic rings. The predicted molar refractivity (Wildman–Crippen MR) is 107 cm³/mol. The van der Waals surface area contributed by atoms with Crippen LogP contribution in [0.4, 0.5) is 5.69 Å². The second-order valence-corrected chi connectivity index (χ2v) is 7.81. The van der Waals surface area contributed by atoms with E-state index in [1.54, 1.807) is 16.9 Å². The Kier molecular flexibility index (Phi) is 4.71. The van der Waals surface area contributed by atoms with Gasteiger partial charge in [-0.2, -0.15) is 5.10 Å². The van der Waals surface area contributed by atoms with Crippen molar-refractivity contribution >= 4 is 39.6 Å². The summed E-state index contributed by atoms with van der Waals surface area (Å²) in [6.07, 6.45) is 3.18. The van der Waals surface area contributed by atoms with Crippen molar-refractivity contribution < 1.29 is 14.1 Å². The second-order valence-electron chi connectivity index (χ2n) is 6.85. The average molecular weight is 428 g/mol. The number of nitrogens with zero attached hydrogens (tertiary/aromatic N) is 5. The highest BCUT2D eigenvalue weighted by Crippen LogP contribution is 2.27. The summed E-state index contributed by atoms with van der Waals surface area (Å²) in [6.45, 7) is 1.32. The highest BCUT2D eigenvalue weighted by atomic mass is 32.2. The maximum atomic E-state index is 12.5. The number of thioether (sulfide) groups is 1. The number of aromatic amines is 1. The maximum Gasteiger partial charge on any atom is 0.273 e. The topological polar surface area (TPSA) is 142 Å². The molecule has 0 atom stereocenters. The van der Waals surface area contributed by atoms with E-state index in [0.29, 0.717) is 52.1 Å². The zero-order valence-corrected chi connectivity index (χ0v) is 16.4. The van der Waals surface area contributed by atoms with Crippen LogP contribution in [0.15, 0.2) is 38.8 Å². The van der Waals surface area contributed by atoms with Gasteiger partial charge in [-0.1, -0.05) is 11.8 Å². The van der Waals surface area contributed by atoms with Gasteiger partial charge in [0, 0.05) is 19.3 Å². The molecule has 4 heterocycles. The molecule has 30 heavy (non-hydrogen) atoms. The fraction of sp³-hybridized carbons (Fsp3) is 0.333. The first-order valence-corrected chi connectivity index (χ1v) is 10.3. The Hall–Kier alpha value is -3.25. The van der Waals surface area contributed by atoms with Crippen LogP contribution in [0.2, 0.25) is 0 Å². The number of H-pyrrole nitrogens is 1. The lowest BCUT2D eigenvalue weighted by Gasteiger charge is -2.22. The second kappa shape index (κ2) is 7.54. The largest absolute Gasteiger partial charge is 0.440 e. The fourth-order valence-corrected chi connectivity index (χ4v) is 4.15. The summed E-state index contributed by atoms with van der Waals surface area (Å²) in [6, 6.07) is 4.42. The van der Waals surface area contributed by atoms with E-state index in [-0.39, 0.29) is 17.3 Å². The fourth-order valence-electron chi connectivity index (χ4n) is 3.45. The molecule has 0 radical (unpaired) electrons. The summed E-state index contributed by atoms with van der Waals surface area (Å²) >= 11 is 1.26. The molecule has 1 saturated heterocycles. The zero-order chi connectivity index (χ0) is 20.7. The third kappa shape index (κ3) is 3.44. The first-order chi connectivity index (χ1) is 14.6. The smallest absolute Gasteiger partial charge is 0.273 e. The number of hydrogen-bond acceptors (Lipinski definition) is 9. The van der Waals surface area contributed by atoms with Gasteiger partial charge in [0.2, 0.25) is 5.89 Å². The van der Waals surface area contributed by atoms with Gasteiger partial charge in [0.05, 0.1) is 29.0 Å². The molecule has 0 saturated carbocycles. The van der Waals surface area contributed by atoms with Crippen LogP contribution in [-0.4, -0.2) is 42.9 Å². The minimum absolute atomic E-state index is 0.0596. The number of aromatic nitrogens is 5. The molecule has 154 valence electrons. The van der Waals surface area contributed by atoms with Crippen LogP contribution in [0.3, 0.4) is 0 Å². The van der Waals surface area contributed by atoms with Crippen molar-refractivity contribution in [1.82, 2.24) is 24.7 Å². The van der Waals surface area contributed by atoms with Gasteiger partial charge in [0.25, 0.3) is 11.2 Å². The van der Waals surface area contributed by atoms with E-state index in [4.69, 9.17) is 9.15 Å². The van der Waals surface area contributed by atoms with Gasteiger partial charge >= 0.3 is 0 Å². The van der Waals surface area contributed by atoms with Gasteiger partial charge in [-0.3, -0.25) is 14.9 Å². The zero-order valence-electron chi connectivity index (χ0n) is 15.6. The van der Waals surface area contributed by atoms with Crippen molar-refractivity contribution in [2.75, 3.05) is 13.2 Å². The third-order valence-electron chi connectivity index (χ3n) is 4.94. The van der Waals surface area contributed by atoms with Crippen molar-refractivity contribution in [3.63, 3.8) is 0 Å². The van der Waals surface area contributed by atoms with Gasteiger partial charge in [-0.05, 0) is 18.9 Å². The lowest BCUT2D eigenvalue weighted by Crippen LogP contribution is -2.21. The van der Waals surface area contributed by atoms with Crippen LogP contribution in [-0.2, 0) is 10.5 Å². The maximum absolute atomic E-state index is 12.5. The SMILES string of the molecule is O=c1[nH]c(SCc2nc3ccc([N+](=O)[O-])cc3o2)nc2c1cnn2C1CCOCC1. The standard InChI is InChI=1S/C18H16N6O5S/c25-17-12-8-19-23(10-3-5-28-6-4-10)16(12)21-18(22-17)30-9-15-20-13-2-1-11(24(26)27)7-14(13)29-15/h1-2,7-8,10H,3-6,9H2,(H,21,22,25). The molecule has 4 aromatic rings. The molecule has 0 spiro atoms. The van der Waals surface area contributed by atoms with Crippen molar-refractivity contribution in [3.8, 4) is 0 Å². The molecule has 0 bridgehead atoms. The first kappa shape index (κ1) is 18.8. The quantitative estimate of drug-likeness (QED) is 0.220. The van der Waals surface area contributed by atoms with E-state index in [9.17, 15) is 14.9 Å². The molecule has 1 N–H and O–H groups in total. The van der Waals surface area contributed by atoms with Crippen LogP contribution in [0.5, 0.6) is 0 Å². The van der Waals surface area contributed by atoms with Crippen LogP contribution >= 0.6 is 11.8 Å². The summed E-state index contributed by atoms with van der Waals surface area (Å²) in [5.74, 6) is 0.693. The third-order valence-corrected chi connectivity index (χ3v) is 5.80. The number of nitro groups is 1. The van der Waals surface area contributed by atoms with Gasteiger partial charge in [-0.25, -0.2) is 14.6 Å². The molecular formula is C18H16N6O5S. The molecule has 3 aromatic heterocycles. The van der Waals surface area contributed by atoms with Crippen LogP contribution in [0.25, 0.3) is 22.1 Å². The summed E-state index contributed by atoms with van der Waals surface area (Å²) in [4.78, 5) is 34.6. The van der Waals surface area contributed by atoms with Gasteiger partial charge in [0.15, 0.2) is 16.4 Å². The van der Waals surface area contributed by atoms with E-state index in [2.05, 4.69) is 20.1 Å². The highest BCUT2D eigenvalue weighted by Gasteiger charge is 2.21. The number of hydrogen-bond donors (Lipinski definition) is 1.